The summed E-state index contributed by atoms with van der Waals surface area (Å²) in [5, 5.41) is 2.45. The van der Waals surface area contributed by atoms with E-state index >= 15 is 0 Å². The topological polar surface area (TPSA) is 86.3 Å². The standard InChI is InChI=1S/C18H2.C7H15NO4S2.2CH4.Na.17H2/c1-3-5-7-9-11-13-15-17-18-16-14-12-10-8-6-4-2;1-7(2,5-14(10,11)12)8-6(9)3-4-13;;;;;;;;;;;;;;;;;;;;/h1-2H;13H,3-5H2,1-2H3,(H,8,9)(H,10,11,12);2*1H4;;17*1H/q;;;;+1;;;;;;;;;;;;;;;;;/p-1. The molecule has 0 rings (SSSR count). The average Bonchev–Trinajstić information content (AvgIpc) is 2.66. The van der Waals surface area contributed by atoms with Gasteiger partial charge in [-0.2, -0.15) is 12.6 Å². The molecule has 0 saturated heterocycles. The minimum atomic E-state index is -4.33. The molecule has 0 aliphatic rings. The first-order valence-corrected chi connectivity index (χ1v) is 10.6. The third-order valence-corrected chi connectivity index (χ3v) is 3.61. The monoisotopic (exact) mass is 547 g/mol. The SMILES string of the molecule is C.C.C#CC#CC#CC#CC#CC#CC#CC#CC#C.CC(C)(CS(=O)(=O)[O-])NC(=O)CCS.[HH].[HH].[HH].[HH].[HH].[HH].[HH].[HH].[HH].[HH].[HH].[HH].[HH].[HH].[HH].[HH].[HH].[Na+]. The molecule has 1 amide bonds. The first-order chi connectivity index (χ1) is 15.1. The van der Waals surface area contributed by atoms with Crippen LogP contribution in [0.15, 0.2) is 0 Å². The van der Waals surface area contributed by atoms with Gasteiger partial charge >= 0.3 is 29.6 Å². The molecule has 0 aromatic rings. The van der Waals surface area contributed by atoms with Gasteiger partial charge in [-0.25, -0.2) is 8.42 Å². The molecule has 0 fully saturated rings. The van der Waals surface area contributed by atoms with Crippen LogP contribution >= 0.6 is 12.6 Å². The molecular weight excluding hydrogens is 489 g/mol. The molecule has 8 heteroatoms. The van der Waals surface area contributed by atoms with Gasteiger partial charge in [0.2, 0.25) is 5.91 Å². The van der Waals surface area contributed by atoms with Crippen molar-refractivity contribution in [3.05, 3.63) is 0 Å². The Morgan fingerprint density at radius 3 is 1.34 bits per heavy atom. The van der Waals surface area contributed by atoms with Crippen molar-refractivity contribution in [2.24, 2.45) is 0 Å². The maximum absolute atomic E-state index is 11.1. The number of amides is 1. The summed E-state index contributed by atoms with van der Waals surface area (Å²) in [6, 6.07) is 0. The largest absolute Gasteiger partial charge is 1.00 e. The van der Waals surface area contributed by atoms with Crippen molar-refractivity contribution in [2.75, 3.05) is 11.5 Å². The Morgan fingerprint density at radius 2 is 1.11 bits per heavy atom. The van der Waals surface area contributed by atoms with E-state index in [1.54, 1.807) is 0 Å². The molecule has 0 aliphatic carbocycles. The van der Waals surface area contributed by atoms with E-state index in [4.69, 9.17) is 12.8 Å². The van der Waals surface area contributed by atoms with Crippen molar-refractivity contribution in [2.45, 2.75) is 40.7 Å². The molecule has 0 radical (unpaired) electrons. The van der Waals surface area contributed by atoms with Gasteiger partial charge in [-0.1, -0.05) is 14.9 Å². The predicted octanol–water partition coefficient (Wildman–Crippen LogP) is 2.48. The number of thiol groups is 1. The average molecular weight is 548 g/mol. The minimum Gasteiger partial charge on any atom is -0.748 e. The Balaban J connectivity index is -0.0000000126. The van der Waals surface area contributed by atoms with Gasteiger partial charge in [0, 0.05) is 36.2 Å². The summed E-state index contributed by atoms with van der Waals surface area (Å²) in [6.45, 7) is 2.97. The Morgan fingerprint density at radius 1 is 0.829 bits per heavy atom. The van der Waals surface area contributed by atoms with Crippen molar-refractivity contribution in [3.63, 3.8) is 0 Å². The van der Waals surface area contributed by atoms with Gasteiger partial charge < -0.3 is 9.87 Å². The molecule has 208 valence electrons. The summed E-state index contributed by atoms with van der Waals surface area (Å²) < 4.78 is 31.4. The number of terminal acetylenes is 2. The summed E-state index contributed by atoms with van der Waals surface area (Å²) in [5.74, 6) is 37.7. The van der Waals surface area contributed by atoms with Crippen LogP contribution in [0.3, 0.4) is 0 Å². The van der Waals surface area contributed by atoms with Crippen LogP contribution in [0.5, 0.6) is 0 Å². The maximum Gasteiger partial charge on any atom is 1.00 e. The van der Waals surface area contributed by atoms with Crippen LogP contribution in [-0.4, -0.2) is 35.9 Å². The summed E-state index contributed by atoms with van der Waals surface area (Å²) in [7, 11) is -4.33. The second-order valence-corrected chi connectivity index (χ2v) is 7.50. The molecule has 5 nitrogen and oxygen atoms in total. The Labute approximate surface area is 264 Å². The quantitative estimate of drug-likeness (QED) is 0.240. The van der Waals surface area contributed by atoms with E-state index in [2.05, 4.69) is 113 Å². The van der Waals surface area contributed by atoms with Crippen molar-refractivity contribution >= 4 is 28.7 Å². The third-order valence-electron chi connectivity index (χ3n) is 2.31. The summed E-state index contributed by atoms with van der Waals surface area (Å²) in [4.78, 5) is 11.1. The molecule has 0 unspecified atom stereocenters. The number of hydrogen-bond donors (Lipinski definition) is 2. The fourth-order valence-corrected chi connectivity index (χ4v) is 2.63. The Kier molecular flexibility index (Phi) is 32.4. The Hall–Kier alpha value is -3.23. The molecule has 35 heavy (non-hydrogen) atoms. The molecule has 0 heterocycles. The van der Waals surface area contributed by atoms with Gasteiger partial charge in [0.15, 0.2) is 0 Å². The second-order valence-electron chi connectivity index (χ2n) is 5.65. The van der Waals surface area contributed by atoms with E-state index in [-0.39, 0.29) is 81.0 Å². The van der Waals surface area contributed by atoms with Gasteiger partial charge in [-0.05, 0) is 114 Å². The van der Waals surface area contributed by atoms with Gasteiger partial charge in [0.25, 0.3) is 0 Å². The van der Waals surface area contributed by atoms with Crippen molar-refractivity contribution in [3.8, 4) is 108 Å². The number of carbonyl (C=O) groups excluding carboxylic acids is 1. The summed E-state index contributed by atoms with van der Waals surface area (Å²) in [5.41, 5.74) is -1.03. The normalized spacial score (nSPS) is 6.91. The van der Waals surface area contributed by atoms with Crippen molar-refractivity contribution in [1.82, 2.24) is 5.32 Å². The molecule has 0 atom stereocenters. The molecule has 0 aliphatic heterocycles. The van der Waals surface area contributed by atoms with E-state index in [1.165, 1.54) is 13.8 Å². The van der Waals surface area contributed by atoms with Gasteiger partial charge in [-0.15, -0.1) is 12.8 Å². The number of carbonyl (C=O) groups is 1. The smallest absolute Gasteiger partial charge is 0.748 e. The maximum atomic E-state index is 11.1. The van der Waals surface area contributed by atoms with Crippen LogP contribution in [0.1, 0.15) is 59.4 Å². The zero-order valence-electron chi connectivity index (χ0n) is 18.3. The summed E-state index contributed by atoms with van der Waals surface area (Å²) >= 11 is 3.86. The van der Waals surface area contributed by atoms with Crippen LogP contribution in [0.25, 0.3) is 0 Å². The zero-order valence-corrected chi connectivity index (χ0v) is 22.0. The molecule has 1 N–H and O–H groups in total. The number of hydrogen-bond acceptors (Lipinski definition) is 5. The van der Waals surface area contributed by atoms with Crippen LogP contribution in [0.2, 0.25) is 0 Å². The first kappa shape index (κ1) is 42.0. The van der Waals surface area contributed by atoms with Gasteiger partial charge in [-0.3, -0.25) is 4.79 Å². The van der Waals surface area contributed by atoms with Crippen LogP contribution in [0.4, 0.5) is 0 Å². The van der Waals surface area contributed by atoms with Crippen molar-refractivity contribution < 1.29 is 71.6 Å². The van der Waals surface area contributed by atoms with Crippen molar-refractivity contribution in [1.29, 1.82) is 0 Å². The number of rotatable bonds is 5. The Bertz CT molecular complexity index is 1290. The van der Waals surface area contributed by atoms with E-state index in [1.807, 2.05) is 0 Å². The predicted molar refractivity (Wildman–Crippen MR) is 177 cm³/mol. The van der Waals surface area contributed by atoms with Gasteiger partial charge in [0.05, 0.1) is 15.9 Å². The summed E-state index contributed by atoms with van der Waals surface area (Å²) in [6.07, 6.45) is 9.96. The van der Waals surface area contributed by atoms with E-state index < -0.39 is 21.4 Å². The molecule has 0 bridgehead atoms. The fourth-order valence-electron chi connectivity index (χ4n) is 1.47. The molecular formula is C27H58NNaO4S2. The number of nitrogens with one attached hydrogen (secondary N) is 1. The van der Waals surface area contributed by atoms with E-state index in [0.29, 0.717) is 5.75 Å². The molecule has 0 aromatic carbocycles. The van der Waals surface area contributed by atoms with E-state index in [9.17, 15) is 17.8 Å². The van der Waals surface area contributed by atoms with Crippen LogP contribution in [-0.2, 0) is 14.9 Å². The molecule has 0 spiro atoms. The fraction of sp³-hybridized carbons (Fsp3) is 0.296. The zero-order chi connectivity index (χ0) is 24.7. The van der Waals surface area contributed by atoms with Crippen LogP contribution in [0, 0.1) is 108 Å². The minimum absolute atomic E-state index is 0. The van der Waals surface area contributed by atoms with Crippen LogP contribution < -0.4 is 34.9 Å². The third kappa shape index (κ3) is 38.4. The second kappa shape index (κ2) is 27.0. The van der Waals surface area contributed by atoms with Gasteiger partial charge in [0.1, 0.15) is 0 Å². The molecule has 0 aromatic heterocycles. The van der Waals surface area contributed by atoms with E-state index in [0.717, 1.165) is 0 Å². The first-order valence-electron chi connectivity index (χ1n) is 8.34. The molecule has 0 saturated carbocycles.